The van der Waals surface area contributed by atoms with E-state index in [1.807, 2.05) is 6.07 Å². The van der Waals surface area contributed by atoms with E-state index in [0.717, 1.165) is 25.0 Å². The second kappa shape index (κ2) is 5.72. The summed E-state index contributed by atoms with van der Waals surface area (Å²) in [6.45, 7) is 1.71. The molecule has 1 aliphatic carbocycles. The van der Waals surface area contributed by atoms with E-state index in [1.165, 1.54) is 17.5 Å². The van der Waals surface area contributed by atoms with Crippen molar-refractivity contribution in [2.75, 3.05) is 26.9 Å². The fraction of sp³-hybridized carbons (Fsp3) is 0.625. The van der Waals surface area contributed by atoms with Crippen LogP contribution in [0.4, 0.5) is 0 Å². The lowest BCUT2D eigenvalue weighted by atomic mass is 9.87. The van der Waals surface area contributed by atoms with Crippen molar-refractivity contribution in [3.8, 4) is 5.75 Å². The molecule has 2 atom stereocenters. The maximum Gasteiger partial charge on any atom is 0.119 e. The summed E-state index contributed by atoms with van der Waals surface area (Å²) < 4.78 is 10.6. The molecule has 1 aromatic carbocycles. The van der Waals surface area contributed by atoms with Crippen LogP contribution in [0.3, 0.4) is 0 Å². The average molecular weight is 277 g/mol. The fourth-order valence-corrected chi connectivity index (χ4v) is 3.18. The van der Waals surface area contributed by atoms with Crippen molar-refractivity contribution in [1.29, 1.82) is 0 Å². The van der Waals surface area contributed by atoms with E-state index in [9.17, 15) is 5.11 Å². The molecule has 4 heteroatoms. The molecule has 1 aromatic rings. The molecule has 20 heavy (non-hydrogen) atoms. The van der Waals surface area contributed by atoms with Gasteiger partial charge in [-0.3, -0.25) is 0 Å². The number of nitrogens with one attached hydrogen (secondary N) is 1. The van der Waals surface area contributed by atoms with Gasteiger partial charge in [-0.15, -0.1) is 0 Å². The number of aryl methyl sites for hydroxylation is 1. The van der Waals surface area contributed by atoms with Crippen LogP contribution in [0.15, 0.2) is 18.2 Å². The first-order valence-electron chi connectivity index (χ1n) is 7.40. The van der Waals surface area contributed by atoms with Gasteiger partial charge in [0.25, 0.3) is 0 Å². The van der Waals surface area contributed by atoms with E-state index >= 15 is 0 Å². The van der Waals surface area contributed by atoms with Crippen molar-refractivity contribution in [1.82, 2.24) is 5.32 Å². The first-order chi connectivity index (χ1) is 9.70. The van der Waals surface area contributed by atoms with Crippen LogP contribution in [-0.4, -0.2) is 37.6 Å². The van der Waals surface area contributed by atoms with Crippen LogP contribution in [0.2, 0.25) is 0 Å². The normalized spacial score (nSPS) is 29.2. The number of ether oxygens (including phenoxy) is 2. The van der Waals surface area contributed by atoms with Crippen molar-refractivity contribution >= 4 is 0 Å². The minimum Gasteiger partial charge on any atom is -0.497 e. The third kappa shape index (κ3) is 2.82. The maximum absolute atomic E-state index is 10.3. The quantitative estimate of drug-likeness (QED) is 0.881. The summed E-state index contributed by atoms with van der Waals surface area (Å²) in [5.74, 6) is 0.923. The summed E-state index contributed by atoms with van der Waals surface area (Å²) in [7, 11) is 1.70. The number of fused-ring (bicyclic) bond motifs is 1. The summed E-state index contributed by atoms with van der Waals surface area (Å²) in [6.07, 6.45) is 4.13. The number of hydrogen-bond acceptors (Lipinski definition) is 4. The van der Waals surface area contributed by atoms with Crippen LogP contribution >= 0.6 is 0 Å². The van der Waals surface area contributed by atoms with Crippen LogP contribution in [-0.2, 0) is 11.2 Å². The van der Waals surface area contributed by atoms with Gasteiger partial charge in [-0.1, -0.05) is 6.07 Å². The molecule has 2 aliphatic rings. The first kappa shape index (κ1) is 13.9. The SMILES string of the molecule is COc1ccc2c(c1)CCC[C@@H]2NC[C@@]1(O)CCOC1. The third-order valence-corrected chi connectivity index (χ3v) is 4.42. The Kier molecular flexibility index (Phi) is 3.96. The van der Waals surface area contributed by atoms with Crippen molar-refractivity contribution in [3.05, 3.63) is 29.3 Å². The summed E-state index contributed by atoms with van der Waals surface area (Å²) in [4.78, 5) is 0. The standard InChI is InChI=1S/C16H23NO3/c1-19-13-5-6-14-12(9-13)3-2-4-15(14)17-10-16(18)7-8-20-11-16/h5-6,9,15,17-18H,2-4,7-8,10-11H2,1H3/t15-,16-/m0/s1. The lowest BCUT2D eigenvalue weighted by molar-refractivity contribution is 0.0243. The van der Waals surface area contributed by atoms with Gasteiger partial charge >= 0.3 is 0 Å². The molecule has 4 nitrogen and oxygen atoms in total. The topological polar surface area (TPSA) is 50.7 Å². The number of hydrogen-bond donors (Lipinski definition) is 2. The molecular formula is C16H23NO3. The van der Waals surface area contributed by atoms with E-state index in [2.05, 4.69) is 17.4 Å². The number of methoxy groups -OCH3 is 1. The Bertz CT molecular complexity index is 469. The van der Waals surface area contributed by atoms with E-state index < -0.39 is 5.60 Å². The zero-order valence-electron chi connectivity index (χ0n) is 12.0. The highest BCUT2D eigenvalue weighted by Gasteiger charge is 2.33. The van der Waals surface area contributed by atoms with Crippen LogP contribution in [0.25, 0.3) is 0 Å². The Morgan fingerprint density at radius 3 is 3.15 bits per heavy atom. The Labute approximate surface area is 120 Å². The molecule has 0 spiro atoms. The van der Waals surface area contributed by atoms with E-state index in [-0.39, 0.29) is 0 Å². The zero-order valence-corrected chi connectivity index (χ0v) is 12.0. The van der Waals surface area contributed by atoms with Crippen molar-refractivity contribution in [2.24, 2.45) is 0 Å². The van der Waals surface area contributed by atoms with Crippen LogP contribution in [0, 0.1) is 0 Å². The maximum atomic E-state index is 10.3. The smallest absolute Gasteiger partial charge is 0.119 e. The van der Waals surface area contributed by atoms with E-state index in [1.54, 1.807) is 7.11 Å². The van der Waals surface area contributed by atoms with Gasteiger partial charge in [-0.2, -0.15) is 0 Å². The van der Waals surface area contributed by atoms with Gasteiger partial charge in [-0.05, 0) is 42.5 Å². The molecule has 0 saturated carbocycles. The van der Waals surface area contributed by atoms with Gasteiger partial charge in [0.2, 0.25) is 0 Å². The highest BCUT2D eigenvalue weighted by Crippen LogP contribution is 2.32. The van der Waals surface area contributed by atoms with Gasteiger partial charge in [-0.25, -0.2) is 0 Å². The van der Waals surface area contributed by atoms with Gasteiger partial charge in [0.05, 0.1) is 13.7 Å². The molecular weight excluding hydrogens is 254 g/mol. The molecule has 110 valence electrons. The molecule has 0 radical (unpaired) electrons. The monoisotopic (exact) mass is 277 g/mol. The van der Waals surface area contributed by atoms with Gasteiger partial charge < -0.3 is 19.9 Å². The molecule has 0 unspecified atom stereocenters. The van der Waals surface area contributed by atoms with Crippen molar-refractivity contribution in [2.45, 2.75) is 37.3 Å². The zero-order chi connectivity index (χ0) is 14.0. The highest BCUT2D eigenvalue weighted by atomic mass is 16.5. The lowest BCUT2D eigenvalue weighted by Crippen LogP contribution is -2.43. The molecule has 3 rings (SSSR count). The predicted molar refractivity (Wildman–Crippen MR) is 77.1 cm³/mol. The van der Waals surface area contributed by atoms with Crippen molar-refractivity contribution < 1.29 is 14.6 Å². The largest absolute Gasteiger partial charge is 0.497 e. The number of rotatable bonds is 4. The van der Waals surface area contributed by atoms with Crippen LogP contribution < -0.4 is 10.1 Å². The van der Waals surface area contributed by atoms with Crippen LogP contribution in [0.5, 0.6) is 5.75 Å². The molecule has 0 bridgehead atoms. The third-order valence-electron chi connectivity index (χ3n) is 4.42. The second-order valence-electron chi connectivity index (χ2n) is 5.92. The predicted octanol–water partition coefficient (Wildman–Crippen LogP) is 1.81. The number of aliphatic hydroxyl groups is 1. The Morgan fingerprint density at radius 1 is 1.50 bits per heavy atom. The number of benzene rings is 1. The minimum atomic E-state index is -0.690. The highest BCUT2D eigenvalue weighted by molar-refractivity contribution is 5.39. The van der Waals surface area contributed by atoms with E-state index in [4.69, 9.17) is 9.47 Å². The molecule has 0 aromatic heterocycles. The summed E-state index contributed by atoms with van der Waals surface area (Å²) in [6, 6.07) is 6.64. The van der Waals surface area contributed by atoms with Gasteiger partial charge in [0.1, 0.15) is 11.4 Å². The fourth-order valence-electron chi connectivity index (χ4n) is 3.18. The Morgan fingerprint density at radius 2 is 2.40 bits per heavy atom. The second-order valence-corrected chi connectivity index (χ2v) is 5.92. The lowest BCUT2D eigenvalue weighted by Gasteiger charge is -2.30. The summed E-state index contributed by atoms with van der Waals surface area (Å²) >= 11 is 0. The van der Waals surface area contributed by atoms with Gasteiger partial charge in [0.15, 0.2) is 0 Å². The van der Waals surface area contributed by atoms with Crippen molar-refractivity contribution in [3.63, 3.8) is 0 Å². The summed E-state index contributed by atoms with van der Waals surface area (Å²) in [5, 5.41) is 13.9. The summed E-state index contributed by atoms with van der Waals surface area (Å²) in [5.41, 5.74) is 2.02. The molecule has 2 N–H and O–H groups in total. The Hall–Kier alpha value is -1.10. The molecule has 1 saturated heterocycles. The van der Waals surface area contributed by atoms with E-state index in [0.29, 0.717) is 25.8 Å². The van der Waals surface area contributed by atoms with Crippen LogP contribution in [0.1, 0.15) is 36.4 Å². The minimum absolute atomic E-state index is 0.328. The van der Waals surface area contributed by atoms with Gasteiger partial charge in [0, 0.05) is 25.6 Å². The first-order valence-corrected chi connectivity index (χ1v) is 7.40. The molecule has 0 amide bonds. The average Bonchev–Trinajstić information content (AvgIpc) is 2.91. The molecule has 1 aliphatic heterocycles. The molecule has 1 heterocycles. The Balaban J connectivity index is 1.70. The molecule has 1 fully saturated rings.